The maximum absolute atomic E-state index is 12.2. The zero-order valence-electron chi connectivity index (χ0n) is 11.1. The molecule has 8 nitrogen and oxygen atoms in total. The van der Waals surface area contributed by atoms with Gasteiger partial charge in [0.25, 0.3) is 5.56 Å². The molecule has 0 fully saturated rings. The van der Waals surface area contributed by atoms with Crippen LogP contribution in [0.15, 0.2) is 29.3 Å². The van der Waals surface area contributed by atoms with Gasteiger partial charge in [-0.05, 0) is 11.6 Å². The zero-order valence-corrected chi connectivity index (χ0v) is 11.1. The van der Waals surface area contributed by atoms with Gasteiger partial charge in [-0.3, -0.25) is 4.79 Å². The van der Waals surface area contributed by atoms with Gasteiger partial charge in [0.05, 0.1) is 12.7 Å². The summed E-state index contributed by atoms with van der Waals surface area (Å²) in [6.45, 7) is 0.327. The highest BCUT2D eigenvalue weighted by Crippen LogP contribution is 2.06. The number of anilines is 1. The maximum Gasteiger partial charge on any atom is 0.281 e. The summed E-state index contributed by atoms with van der Waals surface area (Å²) in [7, 11) is 3.52. The van der Waals surface area contributed by atoms with E-state index in [4.69, 9.17) is 0 Å². The number of nitrogens with zero attached hydrogens (tertiary/aromatic N) is 6. The van der Waals surface area contributed by atoms with Crippen molar-refractivity contribution in [1.82, 2.24) is 29.8 Å². The summed E-state index contributed by atoms with van der Waals surface area (Å²) in [6, 6.07) is 3.73. The summed E-state index contributed by atoms with van der Waals surface area (Å²) in [5.41, 5.74) is 1.15. The van der Waals surface area contributed by atoms with Crippen molar-refractivity contribution in [2.45, 2.75) is 6.54 Å². The number of aryl methyl sites for hydroxylation is 1. The number of fused-ring (bicyclic) bond motifs is 1. The molecule has 0 saturated heterocycles. The number of hydrogen-bond donors (Lipinski definition) is 1. The van der Waals surface area contributed by atoms with Crippen LogP contribution in [0.25, 0.3) is 11.0 Å². The molecule has 3 aromatic heterocycles. The molecule has 0 unspecified atom stereocenters. The van der Waals surface area contributed by atoms with E-state index in [1.54, 1.807) is 20.3 Å². The molecule has 0 atom stereocenters. The van der Waals surface area contributed by atoms with Gasteiger partial charge >= 0.3 is 0 Å². The number of rotatable bonds is 3. The first-order chi connectivity index (χ1) is 9.69. The van der Waals surface area contributed by atoms with Crippen molar-refractivity contribution in [3.8, 4) is 0 Å². The molecule has 0 saturated carbocycles. The highest BCUT2D eigenvalue weighted by molar-refractivity contribution is 5.72. The minimum atomic E-state index is -0.208. The summed E-state index contributed by atoms with van der Waals surface area (Å²) in [4.78, 5) is 16.4. The monoisotopic (exact) mass is 271 g/mol. The van der Waals surface area contributed by atoms with Gasteiger partial charge in [-0.25, -0.2) is 14.3 Å². The number of hydrogen-bond acceptors (Lipinski definition) is 6. The standard InChI is InChI=1S/C12H13N7O/c1-13-10-4-3-8(5-14-10)7-19-12(20)9-6-15-18(2)11(9)16-17-19/h3-6H,7H2,1-2H3,(H,13,14). The fraction of sp³-hybridized carbons (Fsp3) is 0.250. The molecular weight excluding hydrogens is 258 g/mol. The second-order valence-electron chi connectivity index (χ2n) is 4.36. The Kier molecular flexibility index (Phi) is 2.90. The fourth-order valence-corrected chi connectivity index (χ4v) is 1.92. The van der Waals surface area contributed by atoms with Gasteiger partial charge in [-0.2, -0.15) is 5.10 Å². The molecule has 3 heterocycles. The summed E-state index contributed by atoms with van der Waals surface area (Å²) >= 11 is 0. The van der Waals surface area contributed by atoms with Gasteiger partial charge in [0, 0.05) is 20.3 Å². The van der Waals surface area contributed by atoms with Gasteiger partial charge in [-0.15, -0.1) is 5.10 Å². The Balaban J connectivity index is 1.97. The van der Waals surface area contributed by atoms with Crippen molar-refractivity contribution in [2.24, 2.45) is 7.05 Å². The molecule has 102 valence electrons. The molecular formula is C12H13N7O. The topological polar surface area (TPSA) is 90.5 Å². The van der Waals surface area contributed by atoms with Gasteiger partial charge in [-0.1, -0.05) is 11.3 Å². The Morgan fingerprint density at radius 3 is 2.85 bits per heavy atom. The third-order valence-corrected chi connectivity index (χ3v) is 3.03. The molecule has 20 heavy (non-hydrogen) atoms. The molecule has 3 aromatic rings. The van der Waals surface area contributed by atoms with Crippen molar-refractivity contribution in [3.05, 3.63) is 40.4 Å². The number of pyridine rings is 1. The average Bonchev–Trinajstić information content (AvgIpc) is 2.85. The van der Waals surface area contributed by atoms with Crippen LogP contribution in [0.4, 0.5) is 5.82 Å². The molecule has 0 spiro atoms. The lowest BCUT2D eigenvalue weighted by molar-refractivity contribution is 0.594. The van der Waals surface area contributed by atoms with E-state index in [0.29, 0.717) is 17.6 Å². The third kappa shape index (κ3) is 2.00. The number of aromatic nitrogens is 6. The molecule has 0 aliphatic heterocycles. The largest absolute Gasteiger partial charge is 0.373 e. The molecule has 0 aromatic carbocycles. The lowest BCUT2D eigenvalue weighted by Gasteiger charge is -2.04. The minimum absolute atomic E-state index is 0.208. The predicted octanol–water partition coefficient (Wildman–Crippen LogP) is 0.01000. The van der Waals surface area contributed by atoms with E-state index in [2.05, 4.69) is 25.7 Å². The molecule has 3 rings (SSSR count). The molecule has 0 aliphatic rings. The van der Waals surface area contributed by atoms with Crippen LogP contribution in [-0.4, -0.2) is 36.8 Å². The van der Waals surface area contributed by atoms with Crippen LogP contribution in [0.1, 0.15) is 5.56 Å². The fourth-order valence-electron chi connectivity index (χ4n) is 1.92. The maximum atomic E-state index is 12.2. The van der Waals surface area contributed by atoms with Gasteiger partial charge in [0.15, 0.2) is 5.65 Å². The van der Waals surface area contributed by atoms with Crippen molar-refractivity contribution in [2.75, 3.05) is 12.4 Å². The smallest absolute Gasteiger partial charge is 0.281 e. The minimum Gasteiger partial charge on any atom is -0.373 e. The highest BCUT2D eigenvalue weighted by Gasteiger charge is 2.09. The van der Waals surface area contributed by atoms with Gasteiger partial charge in [0.2, 0.25) is 0 Å². The van der Waals surface area contributed by atoms with Crippen molar-refractivity contribution in [1.29, 1.82) is 0 Å². The zero-order chi connectivity index (χ0) is 14.1. The van der Waals surface area contributed by atoms with Crippen LogP contribution in [0.5, 0.6) is 0 Å². The number of nitrogens with one attached hydrogen (secondary N) is 1. The van der Waals surface area contributed by atoms with E-state index >= 15 is 0 Å². The van der Waals surface area contributed by atoms with Crippen LogP contribution in [0, 0.1) is 0 Å². The first kappa shape index (κ1) is 12.3. The van der Waals surface area contributed by atoms with Crippen LogP contribution in [0.2, 0.25) is 0 Å². The first-order valence-corrected chi connectivity index (χ1v) is 6.07. The van der Waals surface area contributed by atoms with E-state index in [1.165, 1.54) is 15.6 Å². The SMILES string of the molecule is CNc1ccc(Cn2nnc3c(cnn3C)c2=O)cn1. The normalized spacial score (nSPS) is 10.9. The first-order valence-electron chi connectivity index (χ1n) is 6.07. The molecule has 1 N–H and O–H groups in total. The van der Waals surface area contributed by atoms with Crippen LogP contribution in [-0.2, 0) is 13.6 Å². The van der Waals surface area contributed by atoms with E-state index in [1.807, 2.05) is 12.1 Å². The van der Waals surface area contributed by atoms with Gasteiger partial charge in [0.1, 0.15) is 11.2 Å². The Bertz CT molecular complexity index is 803. The molecule has 0 bridgehead atoms. The van der Waals surface area contributed by atoms with Crippen molar-refractivity contribution in [3.63, 3.8) is 0 Å². The third-order valence-electron chi connectivity index (χ3n) is 3.03. The Morgan fingerprint density at radius 2 is 2.15 bits per heavy atom. The van der Waals surface area contributed by atoms with Gasteiger partial charge < -0.3 is 5.32 Å². The Morgan fingerprint density at radius 1 is 1.30 bits per heavy atom. The van der Waals surface area contributed by atoms with E-state index in [-0.39, 0.29) is 5.56 Å². The van der Waals surface area contributed by atoms with E-state index < -0.39 is 0 Å². The average molecular weight is 271 g/mol. The van der Waals surface area contributed by atoms with E-state index in [0.717, 1.165) is 11.4 Å². The lowest BCUT2D eigenvalue weighted by atomic mass is 10.3. The molecule has 0 radical (unpaired) electrons. The Labute approximate surface area is 114 Å². The Hall–Kier alpha value is -2.77. The second-order valence-corrected chi connectivity index (χ2v) is 4.36. The predicted molar refractivity (Wildman–Crippen MR) is 73.4 cm³/mol. The lowest BCUT2D eigenvalue weighted by Crippen LogP contribution is -2.24. The van der Waals surface area contributed by atoms with Crippen LogP contribution < -0.4 is 10.9 Å². The highest BCUT2D eigenvalue weighted by atomic mass is 16.1. The van der Waals surface area contributed by atoms with Crippen molar-refractivity contribution < 1.29 is 0 Å². The summed E-state index contributed by atoms with van der Waals surface area (Å²) in [6.07, 6.45) is 3.21. The molecule has 8 heteroatoms. The summed E-state index contributed by atoms with van der Waals surface area (Å²) in [5.74, 6) is 0.773. The quantitative estimate of drug-likeness (QED) is 0.721. The summed E-state index contributed by atoms with van der Waals surface area (Å²) in [5, 5.41) is 15.3. The van der Waals surface area contributed by atoms with Crippen molar-refractivity contribution >= 4 is 16.9 Å². The second kappa shape index (κ2) is 4.72. The molecule has 0 aliphatic carbocycles. The van der Waals surface area contributed by atoms with E-state index in [9.17, 15) is 4.79 Å². The molecule has 0 amide bonds. The van der Waals surface area contributed by atoms with Crippen LogP contribution >= 0.6 is 0 Å². The van der Waals surface area contributed by atoms with Crippen LogP contribution in [0.3, 0.4) is 0 Å². The summed E-state index contributed by atoms with van der Waals surface area (Å²) < 4.78 is 2.83.